The first-order valence-corrected chi connectivity index (χ1v) is 12.9. The Morgan fingerprint density at radius 2 is 1.94 bits per heavy atom. The summed E-state index contributed by atoms with van der Waals surface area (Å²) in [4.78, 5) is 0. The third-order valence-electron chi connectivity index (χ3n) is 6.19. The molecule has 0 bridgehead atoms. The van der Waals surface area contributed by atoms with Crippen LogP contribution in [0.1, 0.15) is 69.0 Å². The topological polar surface area (TPSA) is 39.7 Å². The molecule has 1 N–H and O–H groups in total. The molecule has 35 heavy (non-hydrogen) atoms. The smallest absolute Gasteiger partial charge is 0.128 e. The van der Waals surface area contributed by atoms with Gasteiger partial charge in [0.25, 0.3) is 0 Å². The van der Waals surface area contributed by atoms with Gasteiger partial charge in [0, 0.05) is 35.7 Å². The van der Waals surface area contributed by atoms with Gasteiger partial charge in [-0.2, -0.15) is 0 Å². The molecule has 2 unspecified atom stereocenters. The van der Waals surface area contributed by atoms with Gasteiger partial charge in [0.05, 0.1) is 13.4 Å². The standard InChI is InChI=1S/C24H31ClFNO2.C5H6O/c1-3-4-5-6-7-8-20-14-23(21-12-11-19(28-2)15-24(21)29-20)27-16-17-9-10-18(26)13-22(17)25;1-2-4-6-5-3-1/h9-13,15,20,23,27H,3-8,14,16H2,1-2H3;1-4H,5H2. The maximum absolute atomic E-state index is 13.3. The predicted molar refractivity (Wildman–Crippen MR) is 141 cm³/mol. The first-order valence-electron chi connectivity index (χ1n) is 12.6. The van der Waals surface area contributed by atoms with E-state index in [1.807, 2.05) is 30.4 Å². The summed E-state index contributed by atoms with van der Waals surface area (Å²) in [5, 5.41) is 4.06. The van der Waals surface area contributed by atoms with E-state index in [0.29, 0.717) is 11.6 Å². The average Bonchev–Trinajstić information content (AvgIpc) is 2.89. The van der Waals surface area contributed by atoms with Crippen molar-refractivity contribution in [2.24, 2.45) is 0 Å². The molecule has 0 saturated heterocycles. The minimum atomic E-state index is -0.314. The van der Waals surface area contributed by atoms with E-state index in [1.54, 1.807) is 19.4 Å². The molecule has 0 radical (unpaired) electrons. The molecule has 0 amide bonds. The second-order valence-electron chi connectivity index (χ2n) is 8.84. The summed E-state index contributed by atoms with van der Waals surface area (Å²) in [6.45, 7) is 3.55. The van der Waals surface area contributed by atoms with Crippen LogP contribution in [0.25, 0.3) is 0 Å². The molecule has 0 fully saturated rings. The van der Waals surface area contributed by atoms with Crippen molar-refractivity contribution in [3.8, 4) is 11.5 Å². The number of halogens is 2. The molecule has 2 aliphatic rings. The highest BCUT2D eigenvalue weighted by Gasteiger charge is 2.28. The molecular formula is C29H37ClFNO3. The number of nitrogens with one attached hydrogen (secondary N) is 1. The lowest BCUT2D eigenvalue weighted by Gasteiger charge is -2.33. The highest BCUT2D eigenvalue weighted by atomic mass is 35.5. The molecule has 4 rings (SSSR count). The summed E-state index contributed by atoms with van der Waals surface area (Å²) < 4.78 is 29.8. The molecule has 0 spiro atoms. The second-order valence-corrected chi connectivity index (χ2v) is 9.25. The highest BCUT2D eigenvalue weighted by molar-refractivity contribution is 6.31. The Kier molecular flexibility index (Phi) is 11.5. The van der Waals surface area contributed by atoms with Gasteiger partial charge in [-0.1, -0.05) is 62.4 Å². The lowest BCUT2D eigenvalue weighted by Crippen LogP contribution is -2.33. The second kappa shape index (κ2) is 14.8. The Morgan fingerprint density at radius 3 is 2.60 bits per heavy atom. The normalized spacial score (nSPS) is 18.1. The van der Waals surface area contributed by atoms with Crippen LogP contribution >= 0.6 is 11.6 Å². The van der Waals surface area contributed by atoms with Crippen LogP contribution in [0.5, 0.6) is 11.5 Å². The van der Waals surface area contributed by atoms with Gasteiger partial charge >= 0.3 is 0 Å². The Balaban J connectivity index is 0.000000497. The number of ether oxygens (including phenoxy) is 3. The molecule has 0 saturated carbocycles. The Hall–Kier alpha value is -2.50. The number of rotatable bonds is 10. The summed E-state index contributed by atoms with van der Waals surface area (Å²) >= 11 is 6.20. The maximum Gasteiger partial charge on any atom is 0.128 e. The third-order valence-corrected chi connectivity index (χ3v) is 6.54. The van der Waals surface area contributed by atoms with Crippen LogP contribution < -0.4 is 14.8 Å². The lowest BCUT2D eigenvalue weighted by molar-refractivity contribution is 0.137. The first kappa shape index (κ1) is 27.1. The fraction of sp³-hybridized carbons (Fsp3) is 0.448. The van der Waals surface area contributed by atoms with E-state index in [2.05, 4.69) is 18.3 Å². The van der Waals surface area contributed by atoms with Crippen molar-refractivity contribution in [2.75, 3.05) is 13.7 Å². The molecule has 2 aromatic rings. The molecule has 2 aliphatic heterocycles. The van der Waals surface area contributed by atoms with Gasteiger partial charge in [-0.25, -0.2) is 4.39 Å². The van der Waals surface area contributed by atoms with Crippen LogP contribution in [0.15, 0.2) is 60.9 Å². The lowest BCUT2D eigenvalue weighted by atomic mass is 9.93. The van der Waals surface area contributed by atoms with Gasteiger partial charge in [-0.15, -0.1) is 0 Å². The summed E-state index contributed by atoms with van der Waals surface area (Å²) in [6, 6.07) is 10.7. The van der Waals surface area contributed by atoms with E-state index in [4.69, 9.17) is 25.8 Å². The van der Waals surface area contributed by atoms with Gasteiger partial charge in [-0.3, -0.25) is 0 Å². The predicted octanol–water partition coefficient (Wildman–Crippen LogP) is 7.92. The molecule has 2 heterocycles. The number of benzene rings is 2. The van der Waals surface area contributed by atoms with Crippen molar-refractivity contribution in [3.05, 3.63) is 82.9 Å². The molecule has 2 atom stereocenters. The number of hydrogen-bond donors (Lipinski definition) is 1. The fourth-order valence-corrected chi connectivity index (χ4v) is 4.47. The largest absolute Gasteiger partial charge is 0.497 e. The number of fused-ring (bicyclic) bond motifs is 1. The van der Waals surface area contributed by atoms with E-state index in [9.17, 15) is 4.39 Å². The Bertz CT molecular complexity index is 966. The van der Waals surface area contributed by atoms with Gasteiger partial charge in [0.15, 0.2) is 0 Å². The zero-order valence-electron chi connectivity index (χ0n) is 20.8. The van der Waals surface area contributed by atoms with Gasteiger partial charge in [-0.05, 0) is 48.8 Å². The quantitative estimate of drug-likeness (QED) is 0.336. The summed E-state index contributed by atoms with van der Waals surface area (Å²) in [6.07, 6.45) is 15.9. The fourth-order valence-electron chi connectivity index (χ4n) is 4.24. The van der Waals surface area contributed by atoms with Crippen molar-refractivity contribution in [1.29, 1.82) is 0 Å². The zero-order chi connectivity index (χ0) is 24.9. The van der Waals surface area contributed by atoms with E-state index in [1.165, 1.54) is 44.2 Å². The summed E-state index contributed by atoms with van der Waals surface area (Å²) in [5.74, 6) is 1.37. The van der Waals surface area contributed by atoms with Crippen LogP contribution in [-0.4, -0.2) is 19.8 Å². The van der Waals surface area contributed by atoms with Crippen LogP contribution in [0, 0.1) is 5.82 Å². The summed E-state index contributed by atoms with van der Waals surface area (Å²) in [5.41, 5.74) is 2.03. The minimum Gasteiger partial charge on any atom is -0.497 e. The molecular weight excluding hydrogens is 465 g/mol. The van der Waals surface area contributed by atoms with Crippen molar-refractivity contribution in [3.63, 3.8) is 0 Å². The minimum absolute atomic E-state index is 0.159. The SMILES string of the molecule is C1=CCOC=C1.CCCCCCCC1CC(NCc2ccc(F)cc2Cl)c2ccc(OC)cc2O1. The number of allylic oxidation sites excluding steroid dienone is 2. The van der Waals surface area contributed by atoms with E-state index >= 15 is 0 Å². The molecule has 2 aromatic carbocycles. The molecule has 0 aromatic heterocycles. The summed E-state index contributed by atoms with van der Waals surface area (Å²) in [7, 11) is 1.67. The number of methoxy groups -OCH3 is 1. The van der Waals surface area contributed by atoms with Gasteiger partial charge in [0.2, 0.25) is 0 Å². The Labute approximate surface area is 214 Å². The van der Waals surface area contributed by atoms with Crippen LogP contribution in [0.2, 0.25) is 5.02 Å². The molecule has 4 nitrogen and oxygen atoms in total. The van der Waals surface area contributed by atoms with Crippen molar-refractivity contribution < 1.29 is 18.6 Å². The van der Waals surface area contributed by atoms with E-state index in [-0.39, 0.29) is 18.0 Å². The van der Waals surface area contributed by atoms with Gasteiger partial charge < -0.3 is 19.5 Å². The van der Waals surface area contributed by atoms with Gasteiger partial charge in [0.1, 0.15) is 30.0 Å². The molecule has 190 valence electrons. The zero-order valence-corrected chi connectivity index (χ0v) is 21.5. The van der Waals surface area contributed by atoms with Crippen LogP contribution in [0.4, 0.5) is 4.39 Å². The maximum atomic E-state index is 13.3. The van der Waals surface area contributed by atoms with Crippen LogP contribution in [0.3, 0.4) is 0 Å². The third kappa shape index (κ3) is 8.90. The highest BCUT2D eigenvalue weighted by Crippen LogP contribution is 2.38. The number of hydrogen-bond acceptors (Lipinski definition) is 4. The van der Waals surface area contributed by atoms with Crippen molar-refractivity contribution in [1.82, 2.24) is 5.32 Å². The molecule has 0 aliphatic carbocycles. The van der Waals surface area contributed by atoms with E-state index < -0.39 is 0 Å². The monoisotopic (exact) mass is 501 g/mol. The Morgan fingerprint density at radius 1 is 1.09 bits per heavy atom. The van der Waals surface area contributed by atoms with Crippen LogP contribution in [-0.2, 0) is 11.3 Å². The number of unbranched alkanes of at least 4 members (excludes halogenated alkanes) is 4. The van der Waals surface area contributed by atoms with Crippen molar-refractivity contribution in [2.45, 2.75) is 70.6 Å². The molecule has 6 heteroatoms. The first-order chi connectivity index (χ1) is 17.1. The average molecular weight is 502 g/mol. The van der Waals surface area contributed by atoms with E-state index in [0.717, 1.165) is 42.1 Å². The van der Waals surface area contributed by atoms with Crippen molar-refractivity contribution >= 4 is 11.6 Å².